The molecule has 2 N–H and O–H groups in total. The molecule has 1 atom stereocenters. The molecule has 1 aliphatic rings. The minimum Gasteiger partial charge on any atom is -0.503 e. The Bertz CT molecular complexity index is 1370. The average Bonchev–Trinajstić information content (AvgIpc) is 3.01. The molecule has 0 bridgehead atoms. The minimum atomic E-state index is -0.619. The third-order valence-corrected chi connectivity index (χ3v) is 7.08. The number of aromatic nitrogens is 3. The lowest BCUT2D eigenvalue weighted by atomic mass is 10.1. The molecule has 0 aliphatic carbocycles. The molecule has 1 aliphatic heterocycles. The molecule has 10 heteroatoms. The predicted molar refractivity (Wildman–Crippen MR) is 136 cm³/mol. The van der Waals surface area contributed by atoms with Crippen LogP contribution in [-0.2, 0) is 5.75 Å². The highest BCUT2D eigenvalue weighted by atomic mass is 79.9. The van der Waals surface area contributed by atoms with Gasteiger partial charge in [0.15, 0.2) is 23.4 Å². The number of methoxy groups -OCH3 is 1. The van der Waals surface area contributed by atoms with Crippen molar-refractivity contribution in [2.75, 3.05) is 12.4 Å². The SMILES string of the molecule is COc1cc([C@H]2Nc3ccccc3-c3nnc(SCc4ccccc4Cl)nc3O2)cc(Br)c1O. The van der Waals surface area contributed by atoms with Gasteiger partial charge in [0.05, 0.1) is 11.6 Å². The summed E-state index contributed by atoms with van der Waals surface area (Å²) in [5.41, 5.74) is 3.90. The number of ether oxygens (including phenoxy) is 2. The normalized spacial score (nSPS) is 14.3. The predicted octanol–water partition coefficient (Wildman–Crippen LogP) is 6.46. The van der Waals surface area contributed by atoms with Crippen molar-refractivity contribution >= 4 is 45.0 Å². The van der Waals surface area contributed by atoms with Gasteiger partial charge < -0.3 is 19.9 Å². The number of phenols is 1. The lowest BCUT2D eigenvalue weighted by Crippen LogP contribution is -2.17. The third kappa shape index (κ3) is 4.51. The summed E-state index contributed by atoms with van der Waals surface area (Å²) in [6, 6.07) is 18.9. The van der Waals surface area contributed by atoms with Crippen LogP contribution in [-0.4, -0.2) is 27.4 Å². The number of nitrogens with one attached hydrogen (secondary N) is 1. The number of aromatic hydroxyl groups is 1. The van der Waals surface area contributed by atoms with Gasteiger partial charge >= 0.3 is 0 Å². The number of rotatable bonds is 5. The maximum absolute atomic E-state index is 10.2. The number of hydrogen-bond acceptors (Lipinski definition) is 8. The summed E-state index contributed by atoms with van der Waals surface area (Å²) in [6.07, 6.45) is -0.619. The number of para-hydroxylation sites is 1. The second-order valence-corrected chi connectivity index (χ2v) is 9.57. The van der Waals surface area contributed by atoms with E-state index in [1.165, 1.54) is 18.9 Å². The molecule has 34 heavy (non-hydrogen) atoms. The summed E-state index contributed by atoms with van der Waals surface area (Å²) in [7, 11) is 1.50. The molecule has 0 spiro atoms. The summed E-state index contributed by atoms with van der Waals surface area (Å²) in [6.45, 7) is 0. The fraction of sp³-hybridized carbons (Fsp3) is 0.125. The lowest BCUT2D eigenvalue weighted by Gasteiger charge is -2.20. The number of anilines is 1. The van der Waals surface area contributed by atoms with Gasteiger partial charge in [-0.3, -0.25) is 0 Å². The topological polar surface area (TPSA) is 89.4 Å². The number of phenolic OH excluding ortho intramolecular Hbond substituents is 1. The fourth-order valence-corrected chi connectivity index (χ4v) is 5.04. The van der Waals surface area contributed by atoms with Crippen LogP contribution in [0.5, 0.6) is 17.4 Å². The number of hydrogen-bond donors (Lipinski definition) is 2. The molecular formula is C24H18BrClN4O3S. The Labute approximate surface area is 213 Å². The van der Waals surface area contributed by atoms with Crippen molar-refractivity contribution in [2.24, 2.45) is 0 Å². The highest BCUT2D eigenvalue weighted by Gasteiger charge is 2.27. The first-order valence-corrected chi connectivity index (χ1v) is 12.4. The van der Waals surface area contributed by atoms with Crippen LogP contribution in [0, 0.1) is 0 Å². The first kappa shape index (κ1) is 22.8. The van der Waals surface area contributed by atoms with E-state index in [0.29, 0.717) is 37.7 Å². The van der Waals surface area contributed by atoms with Crippen LogP contribution in [0.25, 0.3) is 11.3 Å². The Hall–Kier alpha value is -3.01. The monoisotopic (exact) mass is 556 g/mol. The minimum absolute atomic E-state index is 0.0166. The van der Waals surface area contributed by atoms with Gasteiger partial charge in [-0.15, -0.1) is 10.2 Å². The second-order valence-electron chi connectivity index (χ2n) is 7.37. The van der Waals surface area contributed by atoms with E-state index < -0.39 is 6.23 Å². The van der Waals surface area contributed by atoms with Crippen molar-refractivity contribution in [3.63, 3.8) is 0 Å². The van der Waals surface area contributed by atoms with Crippen LogP contribution in [0.1, 0.15) is 17.4 Å². The molecule has 0 fully saturated rings. The van der Waals surface area contributed by atoms with E-state index in [-0.39, 0.29) is 5.75 Å². The summed E-state index contributed by atoms with van der Waals surface area (Å²) >= 11 is 11.1. The molecule has 0 saturated heterocycles. The van der Waals surface area contributed by atoms with E-state index in [1.54, 1.807) is 12.1 Å². The van der Waals surface area contributed by atoms with Gasteiger partial charge in [-0.2, -0.15) is 4.98 Å². The number of benzene rings is 3. The molecule has 2 heterocycles. The van der Waals surface area contributed by atoms with Crippen molar-refractivity contribution in [3.05, 3.63) is 81.3 Å². The van der Waals surface area contributed by atoms with Crippen molar-refractivity contribution < 1.29 is 14.6 Å². The summed E-state index contributed by atoms with van der Waals surface area (Å²) < 4.78 is 12.1. The van der Waals surface area contributed by atoms with E-state index in [9.17, 15) is 5.11 Å². The first-order chi connectivity index (χ1) is 16.5. The lowest BCUT2D eigenvalue weighted by molar-refractivity contribution is 0.224. The zero-order valence-corrected chi connectivity index (χ0v) is 21.0. The van der Waals surface area contributed by atoms with Crippen LogP contribution in [0.15, 0.2) is 70.3 Å². The van der Waals surface area contributed by atoms with Gasteiger partial charge in [0.2, 0.25) is 11.0 Å². The van der Waals surface area contributed by atoms with E-state index in [2.05, 4.69) is 36.4 Å². The zero-order chi connectivity index (χ0) is 23.7. The molecule has 3 aromatic carbocycles. The first-order valence-electron chi connectivity index (χ1n) is 10.2. The Morgan fingerprint density at radius 3 is 2.76 bits per heavy atom. The van der Waals surface area contributed by atoms with Crippen molar-refractivity contribution in [1.82, 2.24) is 15.2 Å². The standard InChI is InChI=1S/C24H18BrClN4O3S/c1-32-19-11-14(10-16(25)21(19)31)22-27-18-9-5-3-7-15(18)20-23(33-22)28-24(30-29-20)34-12-13-6-2-4-8-17(13)26/h2-11,22,27,31H,12H2,1H3/t22-/m0/s1. The van der Waals surface area contributed by atoms with Gasteiger partial charge in [0, 0.05) is 27.6 Å². The summed E-state index contributed by atoms with van der Waals surface area (Å²) in [5.74, 6) is 1.29. The van der Waals surface area contributed by atoms with E-state index >= 15 is 0 Å². The third-order valence-electron chi connectivity index (χ3n) is 5.22. The second kappa shape index (κ2) is 9.69. The van der Waals surface area contributed by atoms with Crippen LogP contribution in [0.4, 0.5) is 5.69 Å². The van der Waals surface area contributed by atoms with Crippen LogP contribution >= 0.6 is 39.3 Å². The maximum Gasteiger partial charge on any atom is 0.247 e. The highest BCUT2D eigenvalue weighted by Crippen LogP contribution is 2.42. The van der Waals surface area contributed by atoms with Crippen molar-refractivity contribution in [1.29, 1.82) is 0 Å². The van der Waals surface area contributed by atoms with Gasteiger partial charge in [0.25, 0.3) is 0 Å². The van der Waals surface area contributed by atoms with E-state index in [1.807, 2.05) is 48.5 Å². The van der Waals surface area contributed by atoms with Crippen molar-refractivity contribution in [3.8, 4) is 28.6 Å². The summed E-state index contributed by atoms with van der Waals surface area (Å²) in [5, 5.41) is 23.5. The number of fused-ring (bicyclic) bond motifs is 3. The van der Waals surface area contributed by atoms with Gasteiger partial charge in [-0.1, -0.05) is 59.8 Å². The van der Waals surface area contributed by atoms with Crippen LogP contribution in [0.2, 0.25) is 5.02 Å². The van der Waals surface area contributed by atoms with Gasteiger partial charge in [-0.05, 0) is 45.8 Å². The zero-order valence-electron chi connectivity index (χ0n) is 17.8. The van der Waals surface area contributed by atoms with Crippen molar-refractivity contribution in [2.45, 2.75) is 17.1 Å². The molecular weight excluding hydrogens is 540 g/mol. The number of nitrogens with zero attached hydrogens (tertiary/aromatic N) is 3. The molecule has 0 unspecified atom stereocenters. The molecule has 0 amide bonds. The number of halogens is 2. The van der Waals surface area contributed by atoms with Crippen LogP contribution < -0.4 is 14.8 Å². The largest absolute Gasteiger partial charge is 0.503 e. The van der Waals surface area contributed by atoms with Gasteiger partial charge in [0.1, 0.15) is 0 Å². The Morgan fingerprint density at radius 2 is 1.94 bits per heavy atom. The smallest absolute Gasteiger partial charge is 0.247 e. The summed E-state index contributed by atoms with van der Waals surface area (Å²) in [4.78, 5) is 4.67. The highest BCUT2D eigenvalue weighted by molar-refractivity contribution is 9.10. The number of thioether (sulfide) groups is 1. The molecule has 0 radical (unpaired) electrons. The van der Waals surface area contributed by atoms with Crippen LogP contribution in [0.3, 0.4) is 0 Å². The van der Waals surface area contributed by atoms with E-state index in [4.69, 9.17) is 21.1 Å². The maximum atomic E-state index is 10.2. The van der Waals surface area contributed by atoms with Gasteiger partial charge in [-0.25, -0.2) is 0 Å². The average molecular weight is 558 g/mol. The quantitative estimate of drug-likeness (QED) is 0.270. The molecule has 5 rings (SSSR count). The molecule has 4 aromatic rings. The fourth-order valence-electron chi connectivity index (χ4n) is 3.52. The molecule has 7 nitrogen and oxygen atoms in total. The Morgan fingerprint density at radius 1 is 1.15 bits per heavy atom. The molecule has 1 aromatic heterocycles. The Balaban J connectivity index is 1.52. The van der Waals surface area contributed by atoms with E-state index in [0.717, 1.165) is 22.4 Å². The molecule has 172 valence electrons. The Kier molecular flexibility index (Phi) is 6.49. The molecule has 0 saturated carbocycles.